The molecule has 0 radical (unpaired) electrons. The number of amides is 1. The van der Waals surface area contributed by atoms with Crippen LogP contribution in [0, 0.1) is 17.7 Å². The van der Waals surface area contributed by atoms with Gasteiger partial charge in [0.15, 0.2) is 0 Å². The van der Waals surface area contributed by atoms with Gasteiger partial charge in [-0.15, -0.1) is 0 Å². The third kappa shape index (κ3) is 3.59. The second-order valence-electron chi connectivity index (χ2n) is 6.82. The summed E-state index contributed by atoms with van der Waals surface area (Å²) in [5.74, 6) is -2.46. The molecule has 0 aromatic heterocycles. The number of hydrogen-bond donors (Lipinski definition) is 2. The molecule has 1 aromatic rings. The molecule has 1 saturated heterocycles. The molecule has 2 atom stereocenters. The zero-order chi connectivity index (χ0) is 17.2. The van der Waals surface area contributed by atoms with Gasteiger partial charge < -0.3 is 15.2 Å². The monoisotopic (exact) mass is 335 g/mol. The molecule has 5 nitrogen and oxygen atoms in total. The highest BCUT2D eigenvalue weighted by Gasteiger charge is 2.44. The number of nitrogens with one attached hydrogen (secondary N) is 1. The molecule has 6 heteroatoms. The van der Waals surface area contributed by atoms with E-state index < -0.39 is 23.3 Å². The number of hydrogen-bond acceptors (Lipinski definition) is 3. The number of carbonyl (C=O) groups excluding carboxylic acids is 1. The van der Waals surface area contributed by atoms with Crippen LogP contribution in [-0.2, 0) is 20.7 Å². The largest absolute Gasteiger partial charge is 0.481 e. The number of benzene rings is 1. The van der Waals surface area contributed by atoms with Gasteiger partial charge in [0.25, 0.3) is 0 Å². The van der Waals surface area contributed by atoms with E-state index in [4.69, 9.17) is 9.84 Å². The van der Waals surface area contributed by atoms with E-state index in [9.17, 15) is 14.0 Å². The van der Waals surface area contributed by atoms with Gasteiger partial charge >= 0.3 is 5.97 Å². The van der Waals surface area contributed by atoms with Crippen LogP contribution in [0.2, 0.25) is 0 Å². The average Bonchev–Trinajstić information content (AvgIpc) is 2.45. The number of aliphatic carboxylic acids is 1. The Kier molecular flexibility index (Phi) is 4.85. The van der Waals surface area contributed by atoms with E-state index in [-0.39, 0.29) is 11.7 Å². The molecule has 1 heterocycles. The predicted molar refractivity (Wildman–Crippen MR) is 84.9 cm³/mol. The van der Waals surface area contributed by atoms with Crippen LogP contribution in [0.3, 0.4) is 0 Å². The Morgan fingerprint density at radius 1 is 1.25 bits per heavy atom. The summed E-state index contributed by atoms with van der Waals surface area (Å²) in [6, 6.07) is 6.37. The van der Waals surface area contributed by atoms with Gasteiger partial charge in [-0.2, -0.15) is 0 Å². The highest BCUT2D eigenvalue weighted by atomic mass is 19.1. The van der Waals surface area contributed by atoms with Gasteiger partial charge in [0.2, 0.25) is 5.91 Å². The summed E-state index contributed by atoms with van der Waals surface area (Å²) in [6.07, 6.45) is 2.95. The summed E-state index contributed by atoms with van der Waals surface area (Å²) in [5.41, 5.74) is 0.322. The van der Waals surface area contributed by atoms with Gasteiger partial charge in [0.05, 0.1) is 11.8 Å². The Bertz CT molecular complexity index is 627. The number of carboxylic acids is 1. The van der Waals surface area contributed by atoms with Gasteiger partial charge in [0.1, 0.15) is 5.82 Å². The zero-order valence-electron chi connectivity index (χ0n) is 13.5. The molecule has 1 aliphatic carbocycles. The number of carboxylic acid groups (broad SMARTS) is 1. The molecule has 0 unspecified atom stereocenters. The fraction of sp³-hybridized carbons (Fsp3) is 0.556. The maximum absolute atomic E-state index is 13.5. The third-order valence-electron chi connectivity index (χ3n) is 5.20. The van der Waals surface area contributed by atoms with Crippen LogP contribution in [-0.4, -0.2) is 35.7 Å². The Morgan fingerprint density at radius 2 is 1.96 bits per heavy atom. The van der Waals surface area contributed by atoms with Crippen molar-refractivity contribution in [2.45, 2.75) is 37.6 Å². The second-order valence-corrected chi connectivity index (χ2v) is 6.82. The van der Waals surface area contributed by atoms with Crippen molar-refractivity contribution in [1.29, 1.82) is 0 Å². The van der Waals surface area contributed by atoms with E-state index in [1.165, 1.54) is 12.1 Å². The van der Waals surface area contributed by atoms with E-state index in [1.807, 2.05) is 6.07 Å². The molecule has 3 rings (SSSR count). The van der Waals surface area contributed by atoms with Crippen molar-refractivity contribution >= 4 is 11.9 Å². The molecular weight excluding hydrogens is 313 g/mol. The number of halogens is 1. The maximum Gasteiger partial charge on any atom is 0.307 e. The maximum atomic E-state index is 13.5. The molecule has 1 aromatic carbocycles. The van der Waals surface area contributed by atoms with Crippen LogP contribution < -0.4 is 5.32 Å². The van der Waals surface area contributed by atoms with E-state index in [1.54, 1.807) is 6.07 Å². The van der Waals surface area contributed by atoms with Gasteiger partial charge in [-0.1, -0.05) is 12.1 Å². The van der Waals surface area contributed by atoms with Crippen LogP contribution in [0.25, 0.3) is 0 Å². The summed E-state index contributed by atoms with van der Waals surface area (Å²) in [7, 11) is 0. The lowest BCUT2D eigenvalue weighted by molar-refractivity contribution is -0.153. The molecule has 1 aliphatic heterocycles. The molecule has 2 N–H and O–H groups in total. The topological polar surface area (TPSA) is 75.6 Å². The quantitative estimate of drug-likeness (QED) is 0.864. The standard InChI is InChI=1S/C18H22FNO4/c19-13-3-1-2-12(10-13)11-18(6-8-24-9-7-18)20-16(21)14-4-5-15(14)17(22)23/h1-3,10,14-15H,4-9,11H2,(H,20,21)(H,22,23)/t14-,15+/m0/s1. The number of rotatable bonds is 5. The first-order valence-electron chi connectivity index (χ1n) is 8.36. The minimum absolute atomic E-state index is 0.202. The molecule has 2 aliphatic rings. The SMILES string of the molecule is O=C(NC1(Cc2cccc(F)c2)CCOCC1)[C@H]1CC[C@H]1C(=O)O. The van der Waals surface area contributed by atoms with Crippen molar-refractivity contribution in [3.63, 3.8) is 0 Å². The van der Waals surface area contributed by atoms with Crippen molar-refractivity contribution in [3.05, 3.63) is 35.6 Å². The second kappa shape index (κ2) is 6.89. The minimum Gasteiger partial charge on any atom is -0.481 e. The first-order chi connectivity index (χ1) is 11.5. The summed E-state index contributed by atoms with van der Waals surface area (Å²) in [4.78, 5) is 23.7. The molecule has 1 saturated carbocycles. The Balaban J connectivity index is 1.73. The van der Waals surface area contributed by atoms with E-state index >= 15 is 0 Å². The number of carbonyl (C=O) groups is 2. The molecule has 0 spiro atoms. The Labute approximate surface area is 140 Å². The Morgan fingerprint density at radius 3 is 2.54 bits per heavy atom. The predicted octanol–water partition coefficient (Wildman–Crippen LogP) is 2.14. The first-order valence-corrected chi connectivity index (χ1v) is 8.36. The van der Waals surface area contributed by atoms with Crippen molar-refractivity contribution in [2.75, 3.05) is 13.2 Å². The van der Waals surface area contributed by atoms with Crippen LogP contribution in [0.4, 0.5) is 4.39 Å². The molecule has 130 valence electrons. The number of ether oxygens (including phenoxy) is 1. The fourth-order valence-electron chi connectivity index (χ4n) is 3.61. The third-order valence-corrected chi connectivity index (χ3v) is 5.20. The van der Waals surface area contributed by atoms with Crippen LogP contribution in [0.5, 0.6) is 0 Å². The lowest BCUT2D eigenvalue weighted by Crippen LogP contribution is -2.57. The highest BCUT2D eigenvalue weighted by molar-refractivity contribution is 5.86. The summed E-state index contributed by atoms with van der Waals surface area (Å²) in [5, 5.41) is 12.2. The fourth-order valence-corrected chi connectivity index (χ4v) is 3.61. The highest BCUT2D eigenvalue weighted by Crippen LogP contribution is 2.36. The van der Waals surface area contributed by atoms with Gasteiger partial charge in [-0.3, -0.25) is 9.59 Å². The van der Waals surface area contributed by atoms with Crippen LogP contribution >= 0.6 is 0 Å². The molecule has 1 amide bonds. The van der Waals surface area contributed by atoms with Crippen molar-refractivity contribution in [2.24, 2.45) is 11.8 Å². The zero-order valence-corrected chi connectivity index (χ0v) is 13.5. The van der Waals surface area contributed by atoms with E-state index in [0.29, 0.717) is 45.3 Å². The first kappa shape index (κ1) is 16.9. The lowest BCUT2D eigenvalue weighted by atomic mass is 9.72. The molecular formula is C18H22FNO4. The van der Waals surface area contributed by atoms with Crippen LogP contribution in [0.15, 0.2) is 24.3 Å². The molecule has 24 heavy (non-hydrogen) atoms. The van der Waals surface area contributed by atoms with Crippen LogP contribution in [0.1, 0.15) is 31.2 Å². The van der Waals surface area contributed by atoms with Crippen molar-refractivity contribution < 1.29 is 23.8 Å². The van der Waals surface area contributed by atoms with Crippen molar-refractivity contribution in [3.8, 4) is 0 Å². The van der Waals surface area contributed by atoms with Gasteiger partial charge in [-0.05, 0) is 49.8 Å². The van der Waals surface area contributed by atoms with Gasteiger partial charge in [-0.25, -0.2) is 4.39 Å². The Hall–Kier alpha value is -1.95. The summed E-state index contributed by atoms with van der Waals surface area (Å²) in [6.45, 7) is 1.06. The summed E-state index contributed by atoms with van der Waals surface area (Å²) < 4.78 is 18.9. The minimum atomic E-state index is -0.910. The van der Waals surface area contributed by atoms with E-state index in [2.05, 4.69) is 5.32 Å². The lowest BCUT2D eigenvalue weighted by Gasteiger charge is -2.41. The average molecular weight is 335 g/mol. The smallest absolute Gasteiger partial charge is 0.307 e. The van der Waals surface area contributed by atoms with Crippen molar-refractivity contribution in [1.82, 2.24) is 5.32 Å². The normalized spacial score (nSPS) is 25.5. The molecule has 0 bridgehead atoms. The summed E-state index contributed by atoms with van der Waals surface area (Å²) >= 11 is 0. The molecule has 2 fully saturated rings. The van der Waals surface area contributed by atoms with Gasteiger partial charge in [0, 0.05) is 18.8 Å². The van der Waals surface area contributed by atoms with E-state index in [0.717, 1.165) is 5.56 Å².